The topological polar surface area (TPSA) is 76.6 Å². The molecule has 1 fully saturated rings. The molecule has 2 aliphatic rings. The summed E-state index contributed by atoms with van der Waals surface area (Å²) >= 11 is 0. The summed E-state index contributed by atoms with van der Waals surface area (Å²) in [5.41, 5.74) is 3.10. The molecule has 2 aromatic rings. The summed E-state index contributed by atoms with van der Waals surface area (Å²) in [4.78, 5) is 22.9. The molecular weight excluding hydrogens is 344 g/mol. The number of rotatable bonds is 4. The predicted octanol–water partition coefficient (Wildman–Crippen LogP) is 2.27. The third-order valence-electron chi connectivity index (χ3n) is 5.08. The van der Waals surface area contributed by atoms with E-state index >= 15 is 0 Å². The fourth-order valence-electron chi connectivity index (χ4n) is 3.61. The molecule has 0 saturated carbocycles. The van der Waals surface area contributed by atoms with E-state index in [-0.39, 0.29) is 11.9 Å². The first-order valence-electron chi connectivity index (χ1n) is 9.34. The Morgan fingerprint density at radius 2 is 2.04 bits per heavy atom. The van der Waals surface area contributed by atoms with Gasteiger partial charge in [0.1, 0.15) is 12.5 Å². The fourth-order valence-corrected chi connectivity index (χ4v) is 3.61. The maximum atomic E-state index is 12.6. The first-order valence-corrected chi connectivity index (χ1v) is 9.34. The Bertz CT molecular complexity index is 801. The van der Waals surface area contributed by atoms with Gasteiger partial charge in [-0.25, -0.2) is 9.97 Å². The number of ether oxygens (including phenoxy) is 2. The van der Waals surface area contributed by atoms with Crippen LogP contribution in [0.15, 0.2) is 30.6 Å². The minimum atomic E-state index is -0.0798. The number of hydrogen-bond acceptors (Lipinski definition) is 6. The number of nitrogens with zero attached hydrogens (tertiary/aromatic N) is 3. The van der Waals surface area contributed by atoms with Crippen molar-refractivity contribution in [1.82, 2.24) is 14.9 Å². The highest BCUT2D eigenvalue weighted by atomic mass is 16.5. The number of methoxy groups -OCH3 is 1. The van der Waals surface area contributed by atoms with Crippen LogP contribution in [0.4, 0.5) is 5.95 Å². The van der Waals surface area contributed by atoms with Gasteiger partial charge in [0, 0.05) is 31.6 Å². The minimum Gasteiger partial charge on any atom is -0.497 e. The Hall–Kier alpha value is -2.67. The van der Waals surface area contributed by atoms with Crippen molar-refractivity contribution >= 4 is 11.9 Å². The van der Waals surface area contributed by atoms with E-state index in [0.717, 1.165) is 31.4 Å². The van der Waals surface area contributed by atoms with Crippen LogP contribution in [-0.2, 0) is 17.6 Å². The number of hydrogen-bond donors (Lipinski definition) is 1. The number of nitrogens with one attached hydrogen (secondary N) is 1. The molecule has 1 saturated heterocycles. The lowest BCUT2D eigenvalue weighted by molar-refractivity contribution is 0.0368. The summed E-state index contributed by atoms with van der Waals surface area (Å²) in [6, 6.07) is 6.43. The molecule has 7 heteroatoms. The maximum Gasteiger partial charge on any atom is 0.258 e. The van der Waals surface area contributed by atoms with E-state index in [1.807, 2.05) is 6.07 Å². The molecule has 27 heavy (non-hydrogen) atoms. The van der Waals surface area contributed by atoms with Gasteiger partial charge < -0.3 is 19.7 Å². The minimum absolute atomic E-state index is 0.0798. The quantitative estimate of drug-likeness (QED) is 0.892. The SMILES string of the molecule is COc1ccc2c(c1)CC(Nc1ncc(C(=O)N3CCCCOC3)cn1)C2. The molecule has 1 atom stereocenters. The molecule has 1 N–H and O–H groups in total. The number of benzene rings is 1. The zero-order valence-corrected chi connectivity index (χ0v) is 15.5. The Balaban J connectivity index is 1.37. The van der Waals surface area contributed by atoms with E-state index < -0.39 is 0 Å². The van der Waals surface area contributed by atoms with Gasteiger partial charge in [0.05, 0.1) is 12.7 Å². The van der Waals surface area contributed by atoms with Gasteiger partial charge in [-0.3, -0.25) is 4.79 Å². The Morgan fingerprint density at radius 1 is 1.22 bits per heavy atom. The van der Waals surface area contributed by atoms with E-state index in [2.05, 4.69) is 27.4 Å². The third kappa shape index (κ3) is 4.03. The summed E-state index contributed by atoms with van der Waals surface area (Å²) in [5, 5.41) is 3.37. The molecule has 4 rings (SSSR count). The van der Waals surface area contributed by atoms with Gasteiger partial charge in [-0.15, -0.1) is 0 Å². The molecular formula is C20H24N4O3. The van der Waals surface area contributed by atoms with Gasteiger partial charge in [-0.1, -0.05) is 6.07 Å². The van der Waals surface area contributed by atoms with E-state index in [0.29, 0.717) is 31.4 Å². The first-order chi connectivity index (χ1) is 13.2. The number of fused-ring (bicyclic) bond motifs is 1. The van der Waals surface area contributed by atoms with Crippen LogP contribution in [0.3, 0.4) is 0 Å². The summed E-state index contributed by atoms with van der Waals surface area (Å²) in [5.74, 6) is 1.35. The second kappa shape index (κ2) is 7.92. The Kier molecular flexibility index (Phi) is 5.20. The zero-order chi connectivity index (χ0) is 18.6. The van der Waals surface area contributed by atoms with E-state index in [1.165, 1.54) is 11.1 Å². The molecule has 1 aliphatic heterocycles. The Labute approximate surface area is 158 Å². The summed E-state index contributed by atoms with van der Waals surface area (Å²) in [6.07, 6.45) is 6.95. The molecule has 7 nitrogen and oxygen atoms in total. The van der Waals surface area contributed by atoms with Crippen LogP contribution in [0.25, 0.3) is 0 Å². The van der Waals surface area contributed by atoms with Crippen molar-refractivity contribution in [3.8, 4) is 5.75 Å². The van der Waals surface area contributed by atoms with Crippen molar-refractivity contribution in [2.45, 2.75) is 31.7 Å². The molecule has 2 heterocycles. The highest BCUT2D eigenvalue weighted by Gasteiger charge is 2.23. The largest absolute Gasteiger partial charge is 0.497 e. The highest BCUT2D eigenvalue weighted by Crippen LogP contribution is 2.27. The predicted molar refractivity (Wildman–Crippen MR) is 101 cm³/mol. The molecule has 0 bridgehead atoms. The van der Waals surface area contributed by atoms with Crippen LogP contribution in [0.5, 0.6) is 5.75 Å². The van der Waals surface area contributed by atoms with Crippen molar-refractivity contribution in [2.24, 2.45) is 0 Å². The summed E-state index contributed by atoms with van der Waals surface area (Å²) in [7, 11) is 1.68. The van der Waals surface area contributed by atoms with Crippen LogP contribution in [0.1, 0.15) is 34.3 Å². The van der Waals surface area contributed by atoms with Gasteiger partial charge in [0.2, 0.25) is 5.95 Å². The normalized spacial score (nSPS) is 19.3. The van der Waals surface area contributed by atoms with E-state index in [9.17, 15) is 4.79 Å². The second-order valence-corrected chi connectivity index (χ2v) is 6.99. The average molecular weight is 368 g/mol. The molecule has 0 spiro atoms. The van der Waals surface area contributed by atoms with Gasteiger partial charge in [-0.05, 0) is 48.9 Å². The maximum absolute atomic E-state index is 12.6. The smallest absolute Gasteiger partial charge is 0.258 e. The fraction of sp³-hybridized carbons (Fsp3) is 0.450. The van der Waals surface area contributed by atoms with Crippen molar-refractivity contribution < 1.29 is 14.3 Å². The van der Waals surface area contributed by atoms with Crippen LogP contribution in [0, 0.1) is 0 Å². The van der Waals surface area contributed by atoms with Crippen molar-refractivity contribution in [3.63, 3.8) is 0 Å². The lowest BCUT2D eigenvalue weighted by atomic mass is 10.1. The first kappa shape index (κ1) is 17.7. The van der Waals surface area contributed by atoms with Crippen LogP contribution >= 0.6 is 0 Å². The lowest BCUT2D eigenvalue weighted by Gasteiger charge is -2.19. The number of carbonyl (C=O) groups excluding carboxylic acids is 1. The van der Waals surface area contributed by atoms with Gasteiger partial charge in [0.15, 0.2) is 0 Å². The lowest BCUT2D eigenvalue weighted by Crippen LogP contribution is -2.33. The highest BCUT2D eigenvalue weighted by molar-refractivity contribution is 5.93. The van der Waals surface area contributed by atoms with Crippen molar-refractivity contribution in [2.75, 3.05) is 32.3 Å². The number of anilines is 1. The molecule has 1 unspecified atom stereocenters. The molecule has 1 aromatic heterocycles. The van der Waals surface area contributed by atoms with E-state index in [4.69, 9.17) is 9.47 Å². The van der Waals surface area contributed by atoms with Crippen LogP contribution in [0.2, 0.25) is 0 Å². The van der Waals surface area contributed by atoms with Gasteiger partial charge >= 0.3 is 0 Å². The summed E-state index contributed by atoms with van der Waals surface area (Å²) < 4.78 is 10.7. The molecule has 1 amide bonds. The molecule has 142 valence electrons. The van der Waals surface area contributed by atoms with Gasteiger partial charge in [-0.2, -0.15) is 0 Å². The zero-order valence-electron chi connectivity index (χ0n) is 15.5. The monoisotopic (exact) mass is 368 g/mol. The number of carbonyl (C=O) groups is 1. The van der Waals surface area contributed by atoms with E-state index in [1.54, 1.807) is 24.4 Å². The van der Waals surface area contributed by atoms with Crippen LogP contribution < -0.4 is 10.1 Å². The van der Waals surface area contributed by atoms with Crippen LogP contribution in [-0.4, -0.2) is 53.8 Å². The Morgan fingerprint density at radius 3 is 2.85 bits per heavy atom. The molecule has 1 aliphatic carbocycles. The average Bonchev–Trinajstić information content (AvgIpc) is 2.90. The standard InChI is InChI=1S/C20H24N4O3/c1-26-18-5-4-14-8-17(9-15(14)10-18)23-20-21-11-16(12-22-20)19(25)24-6-2-3-7-27-13-24/h4-5,10-12,17H,2-3,6-9,13H2,1H3,(H,21,22,23). The van der Waals surface area contributed by atoms with Crippen molar-refractivity contribution in [3.05, 3.63) is 47.3 Å². The second-order valence-electron chi connectivity index (χ2n) is 6.99. The van der Waals surface area contributed by atoms with Crippen molar-refractivity contribution in [1.29, 1.82) is 0 Å². The molecule has 0 radical (unpaired) electrons. The van der Waals surface area contributed by atoms with Gasteiger partial charge in [0.25, 0.3) is 5.91 Å². The molecule has 1 aromatic carbocycles. The summed E-state index contributed by atoms with van der Waals surface area (Å²) in [6.45, 7) is 1.75. The number of amides is 1. The third-order valence-corrected chi connectivity index (χ3v) is 5.08. The number of aromatic nitrogens is 2.